The topological polar surface area (TPSA) is 107 Å². The molecule has 0 unspecified atom stereocenters. The fourth-order valence-electron chi connectivity index (χ4n) is 5.83. The summed E-state index contributed by atoms with van der Waals surface area (Å²) in [6.45, 7) is 3.53. The molecule has 1 saturated carbocycles. The van der Waals surface area contributed by atoms with Gasteiger partial charge in [-0.2, -0.15) is 5.26 Å². The molecule has 5 atom stereocenters. The molecule has 32 heavy (non-hydrogen) atoms. The van der Waals surface area contributed by atoms with Crippen molar-refractivity contribution in [3.05, 3.63) is 47.8 Å². The van der Waals surface area contributed by atoms with Crippen LogP contribution in [0, 0.1) is 23.2 Å². The van der Waals surface area contributed by atoms with Crippen LogP contribution in [-0.4, -0.2) is 48.8 Å². The summed E-state index contributed by atoms with van der Waals surface area (Å²) >= 11 is 0. The number of aromatic nitrogens is 1. The Bertz CT molecular complexity index is 1160. The van der Waals surface area contributed by atoms with Crippen molar-refractivity contribution < 1.29 is 14.3 Å². The number of rotatable bonds is 4. The molecular formula is C24H23N5O3. The minimum absolute atomic E-state index is 0.113. The first-order valence-corrected chi connectivity index (χ1v) is 11.0. The molecule has 1 aromatic heterocycles. The number of cyclic esters (lactones) is 1. The monoisotopic (exact) mass is 429 g/mol. The first-order valence-electron chi connectivity index (χ1n) is 11.0. The number of nitrogens with zero attached hydrogens (tertiary/aromatic N) is 3. The van der Waals surface area contributed by atoms with Crippen LogP contribution in [0.15, 0.2) is 36.5 Å². The second kappa shape index (κ2) is 6.78. The van der Waals surface area contributed by atoms with E-state index >= 15 is 0 Å². The number of pyridine rings is 1. The van der Waals surface area contributed by atoms with Gasteiger partial charge in [-0.05, 0) is 35.7 Å². The average molecular weight is 429 g/mol. The fourth-order valence-corrected chi connectivity index (χ4v) is 5.83. The summed E-state index contributed by atoms with van der Waals surface area (Å²) < 4.78 is 5.47. The van der Waals surface area contributed by atoms with Crippen LogP contribution in [0.3, 0.4) is 0 Å². The normalized spacial score (nSPS) is 31.4. The van der Waals surface area contributed by atoms with Gasteiger partial charge in [0.05, 0.1) is 30.0 Å². The zero-order valence-corrected chi connectivity index (χ0v) is 17.7. The van der Waals surface area contributed by atoms with Gasteiger partial charge in [-0.1, -0.05) is 12.1 Å². The molecule has 162 valence electrons. The Kier molecular flexibility index (Phi) is 4.08. The summed E-state index contributed by atoms with van der Waals surface area (Å²) in [5.74, 6) is 0.589. The number of piperidine rings is 1. The minimum atomic E-state index is -0.435. The third-order valence-electron chi connectivity index (χ3n) is 7.51. The first kappa shape index (κ1) is 19.3. The van der Waals surface area contributed by atoms with E-state index in [0.717, 1.165) is 41.2 Å². The Morgan fingerprint density at radius 1 is 1.31 bits per heavy atom. The molecule has 1 aromatic carbocycles. The Morgan fingerprint density at radius 2 is 2.09 bits per heavy atom. The smallest absolute Gasteiger partial charge is 0.415 e. The van der Waals surface area contributed by atoms with Crippen molar-refractivity contribution in [2.24, 2.45) is 11.8 Å². The van der Waals surface area contributed by atoms with E-state index < -0.39 is 5.41 Å². The molecule has 4 aliphatic rings. The third kappa shape index (κ3) is 2.61. The van der Waals surface area contributed by atoms with Gasteiger partial charge in [0, 0.05) is 43.6 Å². The molecule has 6 rings (SSSR count). The van der Waals surface area contributed by atoms with Gasteiger partial charge in [0.1, 0.15) is 11.5 Å². The maximum atomic E-state index is 12.4. The highest BCUT2D eigenvalue weighted by Gasteiger charge is 2.69. The molecule has 2 saturated heterocycles. The van der Waals surface area contributed by atoms with Crippen LogP contribution < -0.4 is 15.5 Å². The van der Waals surface area contributed by atoms with Crippen LogP contribution in [0.4, 0.5) is 10.5 Å². The van der Waals surface area contributed by atoms with E-state index in [1.165, 1.54) is 6.92 Å². The predicted octanol–water partition coefficient (Wildman–Crippen LogP) is 1.75. The Hall–Kier alpha value is -3.44. The molecule has 4 heterocycles. The second-order valence-corrected chi connectivity index (χ2v) is 9.13. The standard InChI is InChI=1S/C24H23N5O3/c1-13(30)27-11-21-20-7-16-6-14(2-4-19(16)29(20)23(31)32-21)15-3-5-22(28-8-15)24(12-25)17-9-26-10-18(17)24/h2-6,8,17-18,20-21,26H,7,9-11H2,1H3,(H,27,30)/t17-,18+,20-,21-,24+/m0/s1. The van der Waals surface area contributed by atoms with E-state index in [0.29, 0.717) is 24.8 Å². The predicted molar refractivity (Wildman–Crippen MR) is 116 cm³/mol. The summed E-state index contributed by atoms with van der Waals surface area (Å²) in [5, 5.41) is 15.9. The number of nitriles is 1. The van der Waals surface area contributed by atoms with Crippen molar-refractivity contribution in [2.45, 2.75) is 30.9 Å². The summed E-state index contributed by atoms with van der Waals surface area (Å²) in [7, 11) is 0. The Balaban J connectivity index is 1.24. The second-order valence-electron chi connectivity index (χ2n) is 9.13. The lowest BCUT2D eigenvalue weighted by Crippen LogP contribution is -2.40. The number of carbonyl (C=O) groups excluding carboxylic acids is 2. The number of benzene rings is 1. The Labute approximate surface area is 185 Å². The van der Waals surface area contributed by atoms with Crippen molar-refractivity contribution in [3.63, 3.8) is 0 Å². The molecule has 0 spiro atoms. The van der Waals surface area contributed by atoms with E-state index in [4.69, 9.17) is 4.74 Å². The number of hydrogen-bond acceptors (Lipinski definition) is 6. The van der Waals surface area contributed by atoms with Gasteiger partial charge >= 0.3 is 6.09 Å². The lowest BCUT2D eigenvalue weighted by molar-refractivity contribution is -0.119. The quantitative estimate of drug-likeness (QED) is 0.767. The van der Waals surface area contributed by atoms with Crippen LogP contribution in [-0.2, 0) is 21.4 Å². The molecule has 0 radical (unpaired) electrons. The number of amides is 2. The third-order valence-corrected chi connectivity index (χ3v) is 7.51. The van der Waals surface area contributed by atoms with Gasteiger partial charge in [-0.15, -0.1) is 0 Å². The first-order chi connectivity index (χ1) is 15.5. The van der Waals surface area contributed by atoms with Gasteiger partial charge in [0.25, 0.3) is 0 Å². The van der Waals surface area contributed by atoms with Crippen molar-refractivity contribution in [2.75, 3.05) is 24.5 Å². The number of hydrogen-bond donors (Lipinski definition) is 2. The average Bonchev–Trinajstić information content (AvgIpc) is 3.20. The molecule has 8 nitrogen and oxygen atoms in total. The maximum absolute atomic E-state index is 12.4. The van der Waals surface area contributed by atoms with Crippen LogP contribution in [0.5, 0.6) is 0 Å². The molecule has 2 aromatic rings. The van der Waals surface area contributed by atoms with E-state index in [1.807, 2.05) is 30.5 Å². The summed E-state index contributed by atoms with van der Waals surface area (Å²) in [5.41, 5.74) is 4.39. The van der Waals surface area contributed by atoms with Crippen LogP contribution in [0.1, 0.15) is 18.2 Å². The van der Waals surface area contributed by atoms with Crippen LogP contribution >= 0.6 is 0 Å². The highest BCUT2D eigenvalue weighted by atomic mass is 16.6. The van der Waals surface area contributed by atoms with Crippen molar-refractivity contribution in [1.82, 2.24) is 15.6 Å². The highest BCUT2D eigenvalue weighted by Crippen LogP contribution is 2.60. The highest BCUT2D eigenvalue weighted by molar-refractivity contribution is 5.94. The van der Waals surface area contributed by atoms with Crippen molar-refractivity contribution >= 4 is 17.7 Å². The molecule has 2 amide bonds. The van der Waals surface area contributed by atoms with E-state index in [9.17, 15) is 14.9 Å². The molecular weight excluding hydrogens is 406 g/mol. The van der Waals surface area contributed by atoms with Gasteiger partial charge in [-0.3, -0.25) is 14.7 Å². The fraction of sp³-hybridized carbons (Fsp3) is 0.417. The Morgan fingerprint density at radius 3 is 2.78 bits per heavy atom. The van der Waals surface area contributed by atoms with Crippen LogP contribution in [0.25, 0.3) is 11.1 Å². The minimum Gasteiger partial charge on any atom is -0.442 e. The van der Waals surface area contributed by atoms with E-state index in [1.54, 1.807) is 4.90 Å². The van der Waals surface area contributed by atoms with Gasteiger partial charge < -0.3 is 15.4 Å². The lowest BCUT2D eigenvalue weighted by atomic mass is 9.95. The largest absolute Gasteiger partial charge is 0.442 e. The van der Waals surface area contributed by atoms with E-state index in [2.05, 4.69) is 27.8 Å². The zero-order valence-electron chi connectivity index (χ0n) is 17.7. The molecule has 1 aliphatic carbocycles. The summed E-state index contributed by atoms with van der Waals surface area (Å²) in [6, 6.07) is 12.5. The lowest BCUT2D eigenvalue weighted by Gasteiger charge is -2.16. The number of fused-ring (bicyclic) bond motifs is 4. The number of carbonyl (C=O) groups is 2. The van der Waals surface area contributed by atoms with Gasteiger partial charge in [0.2, 0.25) is 5.91 Å². The summed E-state index contributed by atoms with van der Waals surface area (Å²) in [6.07, 6.45) is 1.80. The molecule has 2 N–H and O–H groups in total. The van der Waals surface area contributed by atoms with Crippen molar-refractivity contribution in [3.8, 4) is 17.2 Å². The van der Waals surface area contributed by atoms with Crippen molar-refractivity contribution in [1.29, 1.82) is 5.26 Å². The van der Waals surface area contributed by atoms with Gasteiger partial charge in [-0.25, -0.2) is 4.79 Å². The molecule has 0 bridgehead atoms. The number of nitrogens with one attached hydrogen (secondary N) is 2. The molecule has 3 aliphatic heterocycles. The number of ether oxygens (including phenoxy) is 1. The van der Waals surface area contributed by atoms with E-state index in [-0.39, 0.29) is 24.1 Å². The SMILES string of the molecule is CC(=O)NC[C@@H]1OC(=O)N2c3ccc(-c4ccc([C@@]5(C#N)[C@@H]6CNC[C@@H]65)nc4)cc3C[C@@H]12. The summed E-state index contributed by atoms with van der Waals surface area (Å²) in [4.78, 5) is 30.1. The maximum Gasteiger partial charge on any atom is 0.415 e. The van der Waals surface area contributed by atoms with Gasteiger partial charge in [0.15, 0.2) is 0 Å². The molecule has 3 fully saturated rings. The zero-order chi connectivity index (χ0) is 22.0. The van der Waals surface area contributed by atoms with Crippen LogP contribution in [0.2, 0.25) is 0 Å². The molecule has 8 heteroatoms. The number of anilines is 1.